The van der Waals surface area contributed by atoms with Crippen molar-refractivity contribution in [1.29, 1.82) is 0 Å². The van der Waals surface area contributed by atoms with Crippen LogP contribution >= 0.6 is 0 Å². The third kappa shape index (κ3) is 3.47. The molecule has 0 bridgehead atoms. The summed E-state index contributed by atoms with van der Waals surface area (Å²) in [5.41, 5.74) is 1.31. The molecule has 1 unspecified atom stereocenters. The monoisotopic (exact) mass is 263 g/mol. The van der Waals surface area contributed by atoms with Gasteiger partial charge >= 0.3 is 0 Å². The van der Waals surface area contributed by atoms with E-state index in [1.54, 1.807) is 6.92 Å². The number of ether oxygens (including phenoxy) is 2. The summed E-state index contributed by atoms with van der Waals surface area (Å²) in [6.07, 6.45) is 2.21. The quantitative estimate of drug-likeness (QED) is 0.515. The Labute approximate surface area is 114 Å². The molecule has 0 aliphatic carbocycles. The summed E-state index contributed by atoms with van der Waals surface area (Å²) in [7, 11) is 0. The topological polar surface area (TPSA) is 51.1 Å². The highest BCUT2D eigenvalue weighted by Gasteiger charge is 2.32. The van der Waals surface area contributed by atoms with E-state index in [0.29, 0.717) is 12.3 Å². The fourth-order valence-corrected chi connectivity index (χ4v) is 2.32. The summed E-state index contributed by atoms with van der Waals surface area (Å²) >= 11 is 0. The molecule has 4 heteroatoms. The fraction of sp³-hybridized carbons (Fsp3) is 0.533. The zero-order valence-electron chi connectivity index (χ0n) is 11.7. The van der Waals surface area contributed by atoms with E-state index in [1.807, 2.05) is 24.3 Å². The number of nitrogens with zero attached hydrogens (tertiary/aromatic N) is 1. The molecule has 1 heterocycles. The zero-order valence-corrected chi connectivity index (χ0v) is 11.7. The Kier molecular flexibility index (Phi) is 4.10. The van der Waals surface area contributed by atoms with Crippen LogP contribution in [-0.2, 0) is 4.74 Å². The van der Waals surface area contributed by atoms with Crippen LogP contribution in [0, 0.1) is 0 Å². The van der Waals surface area contributed by atoms with Crippen molar-refractivity contribution in [2.75, 3.05) is 6.61 Å². The van der Waals surface area contributed by atoms with Crippen LogP contribution < -0.4 is 4.74 Å². The van der Waals surface area contributed by atoms with E-state index in [0.717, 1.165) is 24.2 Å². The molecule has 1 atom stereocenters. The van der Waals surface area contributed by atoms with Gasteiger partial charge in [0.25, 0.3) is 0 Å². The van der Waals surface area contributed by atoms with Crippen molar-refractivity contribution in [3.63, 3.8) is 0 Å². The minimum Gasteiger partial charge on any atom is -0.490 e. The molecule has 104 valence electrons. The fourth-order valence-electron chi connectivity index (χ4n) is 2.32. The van der Waals surface area contributed by atoms with E-state index < -0.39 is 0 Å². The van der Waals surface area contributed by atoms with Crippen molar-refractivity contribution in [2.45, 2.75) is 45.3 Å². The van der Waals surface area contributed by atoms with Crippen molar-refractivity contribution in [3.8, 4) is 5.75 Å². The Morgan fingerprint density at radius 2 is 2.21 bits per heavy atom. The summed E-state index contributed by atoms with van der Waals surface area (Å²) in [6, 6.07) is 7.56. The van der Waals surface area contributed by atoms with Crippen LogP contribution in [0.5, 0.6) is 5.75 Å². The number of oxime groups is 1. The summed E-state index contributed by atoms with van der Waals surface area (Å²) < 4.78 is 11.7. The van der Waals surface area contributed by atoms with Crippen LogP contribution in [0.15, 0.2) is 29.4 Å². The maximum atomic E-state index is 8.87. The average molecular weight is 263 g/mol. The van der Waals surface area contributed by atoms with E-state index in [2.05, 4.69) is 19.0 Å². The van der Waals surface area contributed by atoms with Gasteiger partial charge in [-0.1, -0.05) is 17.3 Å². The molecule has 0 radical (unpaired) electrons. The highest BCUT2D eigenvalue weighted by molar-refractivity contribution is 6.00. The molecule has 4 nitrogen and oxygen atoms in total. The molecule has 0 spiro atoms. The van der Waals surface area contributed by atoms with Crippen LogP contribution in [0.2, 0.25) is 0 Å². The number of benzene rings is 1. The molecular formula is C15H21NO3. The molecule has 0 amide bonds. The summed E-state index contributed by atoms with van der Waals surface area (Å²) in [6.45, 7) is 6.48. The van der Waals surface area contributed by atoms with Gasteiger partial charge in [-0.2, -0.15) is 0 Å². The molecular weight excluding hydrogens is 242 g/mol. The Morgan fingerprint density at radius 1 is 1.47 bits per heavy atom. The van der Waals surface area contributed by atoms with Gasteiger partial charge in [0.15, 0.2) is 0 Å². The number of para-hydroxylation sites is 1. The Morgan fingerprint density at radius 3 is 2.84 bits per heavy atom. The molecule has 1 aromatic carbocycles. The third-order valence-electron chi connectivity index (χ3n) is 3.41. The van der Waals surface area contributed by atoms with Gasteiger partial charge in [-0.3, -0.25) is 0 Å². The van der Waals surface area contributed by atoms with Crippen molar-refractivity contribution >= 4 is 5.71 Å². The zero-order chi connectivity index (χ0) is 13.9. The van der Waals surface area contributed by atoms with Crippen LogP contribution in [0.4, 0.5) is 0 Å². The standard InChI is InChI=1S/C15H21NO3/c1-11(16-17)13-6-4-5-7-14(13)18-10-12-8-9-15(2,3)19-12/h4-7,12,17H,8-10H2,1-3H3/b16-11-. The van der Waals surface area contributed by atoms with Crippen LogP contribution in [0.1, 0.15) is 39.2 Å². The first-order valence-electron chi connectivity index (χ1n) is 6.60. The SMILES string of the molecule is C/C(=N/O)c1ccccc1OCC1CCC(C)(C)O1. The minimum atomic E-state index is -0.0456. The number of rotatable bonds is 4. The van der Waals surface area contributed by atoms with Gasteiger partial charge in [-0.05, 0) is 45.7 Å². The van der Waals surface area contributed by atoms with E-state index in [4.69, 9.17) is 14.7 Å². The number of hydrogen-bond acceptors (Lipinski definition) is 4. The Bertz CT molecular complexity index is 468. The second-order valence-corrected chi connectivity index (χ2v) is 5.53. The smallest absolute Gasteiger partial charge is 0.128 e. The normalized spacial score (nSPS) is 22.5. The van der Waals surface area contributed by atoms with Gasteiger partial charge in [0.2, 0.25) is 0 Å². The molecule has 1 saturated heterocycles. The summed E-state index contributed by atoms with van der Waals surface area (Å²) in [5.74, 6) is 0.728. The molecule has 0 saturated carbocycles. The first kappa shape index (κ1) is 13.9. The van der Waals surface area contributed by atoms with Crippen LogP contribution in [-0.4, -0.2) is 29.2 Å². The second kappa shape index (κ2) is 5.61. The molecule has 1 aliphatic heterocycles. The molecule has 19 heavy (non-hydrogen) atoms. The predicted octanol–water partition coefficient (Wildman–Crippen LogP) is 3.22. The lowest BCUT2D eigenvalue weighted by atomic mass is 10.1. The molecule has 0 aromatic heterocycles. The van der Waals surface area contributed by atoms with Gasteiger partial charge in [0.05, 0.1) is 17.4 Å². The van der Waals surface area contributed by atoms with Gasteiger partial charge in [0, 0.05) is 5.56 Å². The van der Waals surface area contributed by atoms with E-state index >= 15 is 0 Å². The lowest BCUT2D eigenvalue weighted by molar-refractivity contribution is -0.0326. The van der Waals surface area contributed by atoms with E-state index in [1.165, 1.54) is 0 Å². The largest absolute Gasteiger partial charge is 0.490 e. The van der Waals surface area contributed by atoms with Crippen molar-refractivity contribution in [2.24, 2.45) is 5.16 Å². The van der Waals surface area contributed by atoms with Gasteiger partial charge in [0.1, 0.15) is 12.4 Å². The van der Waals surface area contributed by atoms with Gasteiger partial charge in [-0.25, -0.2) is 0 Å². The molecule has 1 fully saturated rings. The highest BCUT2D eigenvalue weighted by atomic mass is 16.6. The average Bonchev–Trinajstić information content (AvgIpc) is 2.75. The molecule has 1 aromatic rings. The van der Waals surface area contributed by atoms with Gasteiger partial charge in [-0.15, -0.1) is 0 Å². The molecule has 2 rings (SSSR count). The van der Waals surface area contributed by atoms with Crippen LogP contribution in [0.25, 0.3) is 0 Å². The third-order valence-corrected chi connectivity index (χ3v) is 3.41. The maximum absolute atomic E-state index is 8.87. The van der Waals surface area contributed by atoms with Crippen molar-refractivity contribution < 1.29 is 14.7 Å². The Balaban J connectivity index is 2.01. The minimum absolute atomic E-state index is 0.0456. The number of hydrogen-bond donors (Lipinski definition) is 1. The van der Waals surface area contributed by atoms with E-state index in [-0.39, 0.29) is 11.7 Å². The summed E-state index contributed by atoms with van der Waals surface area (Å²) in [5, 5.41) is 12.1. The van der Waals surface area contributed by atoms with Crippen molar-refractivity contribution in [3.05, 3.63) is 29.8 Å². The highest BCUT2D eigenvalue weighted by Crippen LogP contribution is 2.30. The molecule has 1 aliphatic rings. The van der Waals surface area contributed by atoms with Crippen molar-refractivity contribution in [1.82, 2.24) is 0 Å². The van der Waals surface area contributed by atoms with Gasteiger partial charge < -0.3 is 14.7 Å². The lowest BCUT2D eigenvalue weighted by Gasteiger charge is -2.20. The van der Waals surface area contributed by atoms with E-state index in [9.17, 15) is 0 Å². The maximum Gasteiger partial charge on any atom is 0.128 e. The lowest BCUT2D eigenvalue weighted by Crippen LogP contribution is -2.24. The summed E-state index contributed by atoms with van der Waals surface area (Å²) in [4.78, 5) is 0. The first-order valence-corrected chi connectivity index (χ1v) is 6.60. The Hall–Kier alpha value is -1.55. The first-order chi connectivity index (χ1) is 9.02. The molecule has 1 N–H and O–H groups in total. The predicted molar refractivity (Wildman–Crippen MR) is 74.1 cm³/mol. The van der Waals surface area contributed by atoms with Crippen LogP contribution in [0.3, 0.4) is 0 Å². The second-order valence-electron chi connectivity index (χ2n) is 5.53.